The molecule has 2 N–H and O–H groups in total. The van der Waals surface area contributed by atoms with Crippen LogP contribution < -0.4 is 10.6 Å². The van der Waals surface area contributed by atoms with E-state index in [0.717, 1.165) is 25.1 Å². The number of amides is 1. The molecule has 0 aliphatic carbocycles. The van der Waals surface area contributed by atoms with E-state index >= 15 is 0 Å². The minimum Gasteiger partial charge on any atom is -0.355 e. The number of aromatic nitrogens is 2. The second kappa shape index (κ2) is 7.18. The monoisotopic (exact) mass is 326 g/mol. The smallest absolute Gasteiger partial charge is 0.225 e. The highest BCUT2D eigenvalue weighted by Gasteiger charge is 2.34. The second-order valence-corrected chi connectivity index (χ2v) is 6.79. The third-order valence-corrected chi connectivity index (χ3v) is 4.90. The molecule has 1 saturated heterocycles. The van der Waals surface area contributed by atoms with Gasteiger partial charge in [-0.15, -0.1) is 0 Å². The van der Waals surface area contributed by atoms with Crippen molar-refractivity contribution < 1.29 is 4.79 Å². The van der Waals surface area contributed by atoms with Crippen LogP contribution in [0.4, 0.5) is 0 Å². The zero-order valence-corrected chi connectivity index (χ0v) is 14.7. The molecule has 1 aliphatic heterocycles. The quantitative estimate of drug-likeness (QED) is 0.879. The summed E-state index contributed by atoms with van der Waals surface area (Å²) in [7, 11) is 1.91. The first-order valence-corrected chi connectivity index (χ1v) is 8.57. The summed E-state index contributed by atoms with van der Waals surface area (Å²) in [6.07, 6.45) is 4.75. The number of rotatable bonds is 5. The summed E-state index contributed by atoms with van der Waals surface area (Å²) < 4.78 is 1.79. The van der Waals surface area contributed by atoms with Gasteiger partial charge < -0.3 is 10.6 Å². The van der Waals surface area contributed by atoms with Gasteiger partial charge in [0.25, 0.3) is 0 Å². The van der Waals surface area contributed by atoms with Gasteiger partial charge in [0.1, 0.15) is 0 Å². The number of nitrogens with zero attached hydrogens (tertiary/aromatic N) is 2. The van der Waals surface area contributed by atoms with Crippen molar-refractivity contribution in [2.75, 3.05) is 19.6 Å². The van der Waals surface area contributed by atoms with Crippen LogP contribution in [0.2, 0.25) is 0 Å². The van der Waals surface area contributed by atoms with Crippen molar-refractivity contribution in [3.05, 3.63) is 52.8 Å². The van der Waals surface area contributed by atoms with Gasteiger partial charge in [0.05, 0.1) is 12.1 Å². The lowest BCUT2D eigenvalue weighted by atomic mass is 9.90. The maximum Gasteiger partial charge on any atom is 0.225 e. The Morgan fingerprint density at radius 1 is 1.38 bits per heavy atom. The van der Waals surface area contributed by atoms with E-state index in [0.29, 0.717) is 6.54 Å². The first-order valence-electron chi connectivity index (χ1n) is 8.57. The molecule has 2 atom stereocenters. The number of carbonyl (C=O) groups excluding carboxylic acids is 1. The van der Waals surface area contributed by atoms with Crippen molar-refractivity contribution in [3.8, 4) is 0 Å². The van der Waals surface area contributed by atoms with Gasteiger partial charge in [-0.05, 0) is 37.0 Å². The van der Waals surface area contributed by atoms with Gasteiger partial charge >= 0.3 is 0 Å². The molecule has 3 rings (SSSR count). The van der Waals surface area contributed by atoms with Crippen LogP contribution in [0.25, 0.3) is 0 Å². The van der Waals surface area contributed by atoms with Crippen molar-refractivity contribution in [2.24, 2.45) is 13.0 Å². The predicted octanol–water partition coefficient (Wildman–Crippen LogP) is 1.70. The highest BCUT2D eigenvalue weighted by Crippen LogP contribution is 2.27. The largest absolute Gasteiger partial charge is 0.355 e. The summed E-state index contributed by atoms with van der Waals surface area (Å²) in [6.45, 7) is 6.47. The molecule has 0 spiro atoms. The van der Waals surface area contributed by atoms with E-state index in [1.54, 1.807) is 4.68 Å². The summed E-state index contributed by atoms with van der Waals surface area (Å²) >= 11 is 0. The van der Waals surface area contributed by atoms with E-state index in [9.17, 15) is 4.79 Å². The molecule has 24 heavy (non-hydrogen) atoms. The minimum absolute atomic E-state index is 0.0201. The van der Waals surface area contributed by atoms with Crippen LogP contribution in [-0.2, 0) is 18.3 Å². The van der Waals surface area contributed by atoms with E-state index < -0.39 is 0 Å². The zero-order chi connectivity index (χ0) is 17.1. The highest BCUT2D eigenvalue weighted by atomic mass is 16.1. The molecule has 1 fully saturated rings. The van der Waals surface area contributed by atoms with Crippen molar-refractivity contribution in [3.63, 3.8) is 0 Å². The Bertz CT molecular complexity index is 722. The lowest BCUT2D eigenvalue weighted by Crippen LogP contribution is -2.35. The van der Waals surface area contributed by atoms with Crippen LogP contribution in [0.15, 0.2) is 30.6 Å². The van der Waals surface area contributed by atoms with Gasteiger partial charge in [-0.2, -0.15) is 5.10 Å². The molecule has 0 bridgehead atoms. The summed E-state index contributed by atoms with van der Waals surface area (Å²) in [5, 5.41) is 10.7. The average molecular weight is 326 g/mol. The number of benzene rings is 1. The summed E-state index contributed by atoms with van der Waals surface area (Å²) in [5.74, 6) is 0.326. The van der Waals surface area contributed by atoms with Gasteiger partial charge in [0.2, 0.25) is 5.91 Å². The Morgan fingerprint density at radius 2 is 2.21 bits per heavy atom. The molecule has 5 nitrogen and oxygen atoms in total. The van der Waals surface area contributed by atoms with Crippen LogP contribution in [0.5, 0.6) is 0 Å². The third kappa shape index (κ3) is 3.67. The van der Waals surface area contributed by atoms with E-state index in [-0.39, 0.29) is 17.7 Å². The minimum atomic E-state index is -0.0201. The molecule has 2 heterocycles. The maximum absolute atomic E-state index is 12.6. The summed E-state index contributed by atoms with van der Waals surface area (Å²) in [5.41, 5.74) is 5.00. The molecule has 1 amide bonds. The van der Waals surface area contributed by atoms with Crippen molar-refractivity contribution in [1.82, 2.24) is 20.4 Å². The predicted molar refractivity (Wildman–Crippen MR) is 94.9 cm³/mol. The number of hydrogen-bond acceptors (Lipinski definition) is 3. The van der Waals surface area contributed by atoms with E-state index in [1.165, 1.54) is 16.7 Å². The Balaban J connectivity index is 1.56. The molecule has 0 unspecified atom stereocenters. The standard InChI is InChI=1S/C19H26N4O/c1-13-4-5-15(14(2)8-13)6-7-21-19(24)18-11-20-10-17(18)16-9-22-23(3)12-16/h4-5,8-9,12,17-18,20H,6-7,10-11H2,1-3H3,(H,21,24)/t17-,18+/m1/s1. The topological polar surface area (TPSA) is 59.0 Å². The fraction of sp³-hybridized carbons (Fsp3) is 0.474. The van der Waals surface area contributed by atoms with Gasteiger partial charge in [-0.3, -0.25) is 9.48 Å². The lowest BCUT2D eigenvalue weighted by Gasteiger charge is -2.17. The lowest BCUT2D eigenvalue weighted by molar-refractivity contribution is -0.124. The van der Waals surface area contributed by atoms with Crippen molar-refractivity contribution in [2.45, 2.75) is 26.2 Å². The molecule has 1 aromatic heterocycles. The molecule has 1 aromatic carbocycles. The number of carbonyl (C=O) groups is 1. The zero-order valence-electron chi connectivity index (χ0n) is 14.7. The van der Waals surface area contributed by atoms with E-state index in [2.05, 4.69) is 47.8 Å². The van der Waals surface area contributed by atoms with Crippen molar-refractivity contribution in [1.29, 1.82) is 0 Å². The summed E-state index contributed by atoms with van der Waals surface area (Å²) in [6, 6.07) is 6.48. The molecule has 1 aliphatic rings. The van der Waals surface area contributed by atoms with Crippen LogP contribution in [0.3, 0.4) is 0 Å². The first kappa shape index (κ1) is 16.7. The van der Waals surface area contributed by atoms with Crippen LogP contribution in [0, 0.1) is 19.8 Å². The van der Waals surface area contributed by atoms with Crippen molar-refractivity contribution >= 4 is 5.91 Å². The van der Waals surface area contributed by atoms with Gasteiger partial charge in [-0.25, -0.2) is 0 Å². The summed E-state index contributed by atoms with van der Waals surface area (Å²) in [4.78, 5) is 12.6. The van der Waals surface area contributed by atoms with Gasteiger partial charge in [-0.1, -0.05) is 23.8 Å². The molecule has 128 valence electrons. The Hall–Kier alpha value is -2.14. The van der Waals surface area contributed by atoms with E-state index in [4.69, 9.17) is 0 Å². The Labute approximate surface area is 143 Å². The SMILES string of the molecule is Cc1ccc(CCNC(=O)[C@H]2CNC[C@@H]2c2cnn(C)c2)c(C)c1. The number of nitrogens with one attached hydrogen (secondary N) is 2. The second-order valence-electron chi connectivity index (χ2n) is 6.79. The molecular formula is C19H26N4O. The Kier molecular flexibility index (Phi) is 5.00. The van der Waals surface area contributed by atoms with Crippen LogP contribution in [-0.4, -0.2) is 35.3 Å². The first-order chi connectivity index (χ1) is 11.5. The Morgan fingerprint density at radius 3 is 2.92 bits per heavy atom. The van der Waals surface area contributed by atoms with Crippen LogP contribution >= 0.6 is 0 Å². The maximum atomic E-state index is 12.6. The fourth-order valence-electron chi connectivity index (χ4n) is 3.51. The average Bonchev–Trinajstić information content (AvgIpc) is 3.17. The molecule has 5 heteroatoms. The molecule has 0 saturated carbocycles. The fourth-order valence-corrected chi connectivity index (χ4v) is 3.51. The van der Waals surface area contributed by atoms with E-state index in [1.807, 2.05) is 19.4 Å². The van der Waals surface area contributed by atoms with Gasteiger partial charge in [0.15, 0.2) is 0 Å². The number of hydrogen-bond donors (Lipinski definition) is 2. The molecule has 0 radical (unpaired) electrons. The third-order valence-electron chi connectivity index (χ3n) is 4.90. The molecule has 2 aromatic rings. The highest BCUT2D eigenvalue weighted by molar-refractivity contribution is 5.80. The van der Waals surface area contributed by atoms with Crippen LogP contribution in [0.1, 0.15) is 28.2 Å². The normalized spacial score (nSPS) is 20.3. The molecular weight excluding hydrogens is 300 g/mol. The van der Waals surface area contributed by atoms with Gasteiger partial charge in [0, 0.05) is 38.8 Å². The number of aryl methyl sites for hydroxylation is 3.